The molecule has 80 valence electrons. The van der Waals surface area contributed by atoms with Crippen LogP contribution in [-0.2, 0) is 20.9 Å². The SMILES string of the molecule is O=COC1CC(OCc2ccccc2)C1. The molecule has 3 nitrogen and oxygen atoms in total. The number of benzene rings is 1. The maximum atomic E-state index is 10.0. The molecule has 1 aliphatic rings. The first-order valence-electron chi connectivity index (χ1n) is 5.13. The minimum absolute atomic E-state index is 0.0725. The van der Waals surface area contributed by atoms with Crippen molar-refractivity contribution in [1.29, 1.82) is 0 Å². The molecule has 0 unspecified atom stereocenters. The van der Waals surface area contributed by atoms with Crippen LogP contribution in [0.1, 0.15) is 18.4 Å². The Morgan fingerprint density at radius 3 is 2.60 bits per heavy atom. The molecule has 0 radical (unpaired) electrons. The van der Waals surface area contributed by atoms with E-state index in [0.717, 1.165) is 12.8 Å². The lowest BCUT2D eigenvalue weighted by molar-refractivity contribution is -0.148. The Hall–Kier alpha value is -1.35. The molecule has 1 aliphatic carbocycles. The first kappa shape index (κ1) is 10.2. The van der Waals surface area contributed by atoms with Gasteiger partial charge in [-0.25, -0.2) is 0 Å². The van der Waals surface area contributed by atoms with Crippen LogP contribution >= 0.6 is 0 Å². The van der Waals surface area contributed by atoms with Crippen molar-refractivity contribution in [1.82, 2.24) is 0 Å². The van der Waals surface area contributed by atoms with E-state index >= 15 is 0 Å². The summed E-state index contributed by atoms with van der Waals surface area (Å²) < 4.78 is 10.4. The minimum Gasteiger partial charge on any atom is -0.464 e. The number of rotatable bonds is 5. The Balaban J connectivity index is 1.66. The van der Waals surface area contributed by atoms with Gasteiger partial charge >= 0.3 is 0 Å². The van der Waals surface area contributed by atoms with Crippen LogP contribution in [-0.4, -0.2) is 18.7 Å². The van der Waals surface area contributed by atoms with E-state index in [-0.39, 0.29) is 12.2 Å². The average molecular weight is 206 g/mol. The zero-order chi connectivity index (χ0) is 10.5. The van der Waals surface area contributed by atoms with Gasteiger partial charge in [0.2, 0.25) is 0 Å². The van der Waals surface area contributed by atoms with Gasteiger partial charge in [0.1, 0.15) is 6.10 Å². The van der Waals surface area contributed by atoms with Crippen LogP contribution < -0.4 is 0 Å². The summed E-state index contributed by atoms with van der Waals surface area (Å²) in [5.74, 6) is 0. The highest BCUT2D eigenvalue weighted by atomic mass is 16.5. The van der Waals surface area contributed by atoms with Crippen LogP contribution in [0.5, 0.6) is 0 Å². The first-order chi connectivity index (χ1) is 7.38. The topological polar surface area (TPSA) is 35.5 Å². The van der Waals surface area contributed by atoms with E-state index in [1.54, 1.807) is 0 Å². The van der Waals surface area contributed by atoms with E-state index in [4.69, 9.17) is 9.47 Å². The lowest BCUT2D eigenvalue weighted by Crippen LogP contribution is -2.37. The molecular weight excluding hydrogens is 192 g/mol. The lowest BCUT2D eigenvalue weighted by atomic mass is 9.92. The minimum atomic E-state index is 0.0725. The largest absolute Gasteiger partial charge is 0.464 e. The van der Waals surface area contributed by atoms with E-state index in [0.29, 0.717) is 13.1 Å². The van der Waals surface area contributed by atoms with E-state index < -0.39 is 0 Å². The highest BCUT2D eigenvalue weighted by molar-refractivity contribution is 5.37. The molecule has 1 aromatic rings. The Labute approximate surface area is 89.0 Å². The summed E-state index contributed by atoms with van der Waals surface area (Å²) in [5.41, 5.74) is 1.18. The van der Waals surface area contributed by atoms with Crippen molar-refractivity contribution in [3.63, 3.8) is 0 Å². The number of hydrogen-bond donors (Lipinski definition) is 0. The van der Waals surface area contributed by atoms with E-state index in [2.05, 4.69) is 0 Å². The maximum absolute atomic E-state index is 10.0. The molecule has 1 aromatic carbocycles. The number of ether oxygens (including phenoxy) is 2. The van der Waals surface area contributed by atoms with Gasteiger partial charge in [0.15, 0.2) is 0 Å². The van der Waals surface area contributed by atoms with E-state index in [1.807, 2.05) is 30.3 Å². The number of hydrogen-bond acceptors (Lipinski definition) is 3. The molecular formula is C12H14O3. The van der Waals surface area contributed by atoms with Gasteiger partial charge in [-0.3, -0.25) is 4.79 Å². The second kappa shape index (κ2) is 4.94. The molecule has 0 amide bonds. The highest BCUT2D eigenvalue weighted by Gasteiger charge is 2.31. The Morgan fingerprint density at radius 1 is 1.20 bits per heavy atom. The summed E-state index contributed by atoms with van der Waals surface area (Å²) >= 11 is 0. The smallest absolute Gasteiger partial charge is 0.293 e. The second-order valence-electron chi connectivity index (χ2n) is 3.74. The summed E-state index contributed by atoms with van der Waals surface area (Å²) in [5, 5.41) is 0. The normalized spacial score (nSPS) is 24.3. The van der Waals surface area contributed by atoms with Gasteiger partial charge in [0.05, 0.1) is 12.7 Å². The fraction of sp³-hybridized carbons (Fsp3) is 0.417. The Morgan fingerprint density at radius 2 is 1.93 bits per heavy atom. The highest BCUT2D eigenvalue weighted by Crippen LogP contribution is 2.26. The third-order valence-electron chi connectivity index (χ3n) is 2.63. The molecule has 0 aromatic heterocycles. The molecule has 1 fully saturated rings. The van der Waals surface area contributed by atoms with Gasteiger partial charge < -0.3 is 9.47 Å². The third-order valence-corrected chi connectivity index (χ3v) is 2.63. The zero-order valence-corrected chi connectivity index (χ0v) is 8.46. The molecule has 1 saturated carbocycles. The lowest BCUT2D eigenvalue weighted by Gasteiger charge is -2.33. The van der Waals surface area contributed by atoms with Crippen molar-refractivity contribution < 1.29 is 14.3 Å². The summed E-state index contributed by atoms with van der Waals surface area (Å²) in [6.45, 7) is 1.15. The second-order valence-corrected chi connectivity index (χ2v) is 3.74. The van der Waals surface area contributed by atoms with Crippen molar-refractivity contribution in [3.8, 4) is 0 Å². The fourth-order valence-electron chi connectivity index (χ4n) is 1.63. The Kier molecular flexibility index (Phi) is 3.35. The van der Waals surface area contributed by atoms with Crippen molar-refractivity contribution >= 4 is 6.47 Å². The molecule has 0 atom stereocenters. The van der Waals surface area contributed by atoms with Gasteiger partial charge in [-0.15, -0.1) is 0 Å². The predicted molar refractivity (Wildman–Crippen MR) is 55.2 cm³/mol. The van der Waals surface area contributed by atoms with Crippen LogP contribution in [0.3, 0.4) is 0 Å². The van der Waals surface area contributed by atoms with Crippen LogP contribution in [0.4, 0.5) is 0 Å². The third kappa shape index (κ3) is 2.80. The molecule has 0 aliphatic heterocycles. The van der Waals surface area contributed by atoms with Gasteiger partial charge in [-0.2, -0.15) is 0 Å². The van der Waals surface area contributed by atoms with E-state index in [9.17, 15) is 4.79 Å². The van der Waals surface area contributed by atoms with Crippen LogP contribution in [0, 0.1) is 0 Å². The maximum Gasteiger partial charge on any atom is 0.293 e. The standard InChI is InChI=1S/C12H14O3/c13-9-15-12-6-11(7-12)14-8-10-4-2-1-3-5-10/h1-5,9,11-12H,6-8H2. The molecule has 2 rings (SSSR count). The molecule has 3 heteroatoms. The molecule has 0 spiro atoms. The molecule has 0 N–H and O–H groups in total. The average Bonchev–Trinajstić information content (AvgIpc) is 2.23. The van der Waals surface area contributed by atoms with Crippen molar-refractivity contribution in [2.75, 3.05) is 0 Å². The summed E-state index contributed by atoms with van der Waals surface area (Å²) in [7, 11) is 0. The van der Waals surface area contributed by atoms with Crippen LogP contribution in [0.25, 0.3) is 0 Å². The Bertz CT molecular complexity index is 304. The first-order valence-corrected chi connectivity index (χ1v) is 5.13. The monoisotopic (exact) mass is 206 g/mol. The summed E-state index contributed by atoms with van der Waals surface area (Å²) in [4.78, 5) is 10.0. The molecule has 0 heterocycles. The van der Waals surface area contributed by atoms with Gasteiger partial charge in [0, 0.05) is 12.8 Å². The fourth-order valence-corrected chi connectivity index (χ4v) is 1.63. The number of carbonyl (C=O) groups excluding carboxylic acids is 1. The zero-order valence-electron chi connectivity index (χ0n) is 8.46. The van der Waals surface area contributed by atoms with Crippen molar-refractivity contribution in [3.05, 3.63) is 35.9 Å². The quantitative estimate of drug-likeness (QED) is 0.690. The van der Waals surface area contributed by atoms with E-state index in [1.165, 1.54) is 5.56 Å². The van der Waals surface area contributed by atoms with Gasteiger partial charge in [-0.05, 0) is 5.56 Å². The van der Waals surface area contributed by atoms with Crippen molar-refractivity contribution in [2.24, 2.45) is 0 Å². The molecule has 15 heavy (non-hydrogen) atoms. The van der Waals surface area contributed by atoms with Crippen LogP contribution in [0.15, 0.2) is 30.3 Å². The summed E-state index contributed by atoms with van der Waals surface area (Å²) in [6.07, 6.45) is 1.97. The number of carbonyl (C=O) groups is 1. The van der Waals surface area contributed by atoms with Crippen molar-refractivity contribution in [2.45, 2.75) is 31.7 Å². The van der Waals surface area contributed by atoms with Gasteiger partial charge in [0.25, 0.3) is 6.47 Å². The molecule has 0 bridgehead atoms. The summed E-state index contributed by atoms with van der Waals surface area (Å²) in [6, 6.07) is 10.1. The van der Waals surface area contributed by atoms with Gasteiger partial charge in [-0.1, -0.05) is 30.3 Å². The van der Waals surface area contributed by atoms with Crippen LogP contribution in [0.2, 0.25) is 0 Å². The molecule has 0 saturated heterocycles. The predicted octanol–water partition coefficient (Wildman–Crippen LogP) is 1.91.